The molecule has 1 aromatic rings. The Kier molecular flexibility index (Phi) is 6.94. The van der Waals surface area contributed by atoms with Crippen LogP contribution in [-0.4, -0.2) is 19.5 Å². The van der Waals surface area contributed by atoms with Crippen molar-refractivity contribution in [3.63, 3.8) is 0 Å². The van der Waals surface area contributed by atoms with E-state index in [1.165, 1.54) is 18.9 Å². The number of unbranched alkanes of at least 4 members (excludes halogenated alkanes) is 1. The van der Waals surface area contributed by atoms with Gasteiger partial charge in [-0.15, -0.1) is 0 Å². The van der Waals surface area contributed by atoms with E-state index in [-0.39, 0.29) is 17.1 Å². The van der Waals surface area contributed by atoms with E-state index in [4.69, 9.17) is 21.1 Å². The SMILES string of the molecule is CCCC1COC(CCCCc2ccc(Cl)c(F)c2)OC1. The first-order chi connectivity index (χ1) is 10.2. The molecule has 118 valence electrons. The first-order valence-electron chi connectivity index (χ1n) is 7.86. The number of ether oxygens (including phenoxy) is 2. The molecule has 0 unspecified atom stereocenters. The fourth-order valence-corrected chi connectivity index (χ4v) is 2.78. The number of hydrogen-bond acceptors (Lipinski definition) is 2. The van der Waals surface area contributed by atoms with Crippen molar-refractivity contribution in [3.8, 4) is 0 Å². The van der Waals surface area contributed by atoms with Crippen molar-refractivity contribution in [1.29, 1.82) is 0 Å². The molecule has 2 nitrogen and oxygen atoms in total. The zero-order chi connectivity index (χ0) is 15.1. The molecular formula is C17H24ClFO2. The molecule has 0 bridgehead atoms. The van der Waals surface area contributed by atoms with Gasteiger partial charge in [0.05, 0.1) is 18.2 Å². The van der Waals surface area contributed by atoms with Crippen LogP contribution < -0.4 is 0 Å². The topological polar surface area (TPSA) is 18.5 Å². The van der Waals surface area contributed by atoms with Crippen LogP contribution in [0.25, 0.3) is 0 Å². The van der Waals surface area contributed by atoms with Gasteiger partial charge in [-0.2, -0.15) is 0 Å². The Labute approximate surface area is 131 Å². The number of hydrogen-bond donors (Lipinski definition) is 0. The summed E-state index contributed by atoms with van der Waals surface area (Å²) >= 11 is 5.67. The molecule has 1 aliphatic heterocycles. The minimum absolute atomic E-state index is 0.0555. The number of benzene rings is 1. The van der Waals surface area contributed by atoms with E-state index in [0.717, 1.165) is 44.5 Å². The van der Waals surface area contributed by atoms with Crippen molar-refractivity contribution >= 4 is 11.6 Å². The smallest absolute Gasteiger partial charge is 0.157 e. The first-order valence-corrected chi connectivity index (χ1v) is 8.24. The molecule has 1 aromatic carbocycles. The van der Waals surface area contributed by atoms with E-state index in [1.807, 2.05) is 6.07 Å². The van der Waals surface area contributed by atoms with Gasteiger partial charge in [-0.1, -0.05) is 31.0 Å². The lowest BCUT2D eigenvalue weighted by Gasteiger charge is -2.29. The standard InChI is InChI=1S/C17H24ClFO2/c1-2-5-14-11-20-17(21-12-14)7-4-3-6-13-8-9-15(18)16(19)10-13/h8-10,14,17H,2-7,11-12H2,1H3. The molecule has 4 heteroatoms. The van der Waals surface area contributed by atoms with Crippen molar-refractivity contribution in [2.75, 3.05) is 13.2 Å². The molecule has 0 N–H and O–H groups in total. The average molecular weight is 315 g/mol. The van der Waals surface area contributed by atoms with Crippen LogP contribution in [-0.2, 0) is 15.9 Å². The highest BCUT2D eigenvalue weighted by molar-refractivity contribution is 6.30. The summed E-state index contributed by atoms with van der Waals surface area (Å²) < 4.78 is 24.8. The van der Waals surface area contributed by atoms with E-state index in [9.17, 15) is 4.39 Å². The monoisotopic (exact) mass is 314 g/mol. The Morgan fingerprint density at radius 2 is 1.95 bits per heavy atom. The lowest BCUT2D eigenvalue weighted by molar-refractivity contribution is -0.204. The maximum atomic E-state index is 13.3. The molecule has 1 heterocycles. The third-order valence-corrected chi connectivity index (χ3v) is 4.18. The normalized spacial score (nSPS) is 22.4. The molecule has 0 spiro atoms. The molecule has 0 amide bonds. The zero-order valence-electron chi connectivity index (χ0n) is 12.6. The molecular weight excluding hydrogens is 291 g/mol. The van der Waals surface area contributed by atoms with Gasteiger partial charge < -0.3 is 9.47 Å². The van der Waals surface area contributed by atoms with Crippen molar-refractivity contribution in [2.24, 2.45) is 5.92 Å². The lowest BCUT2D eigenvalue weighted by Crippen LogP contribution is -2.31. The molecule has 0 atom stereocenters. The van der Waals surface area contributed by atoms with Crippen molar-refractivity contribution in [1.82, 2.24) is 0 Å². The minimum atomic E-state index is -0.338. The highest BCUT2D eigenvalue weighted by Gasteiger charge is 2.20. The maximum absolute atomic E-state index is 13.3. The Morgan fingerprint density at radius 3 is 2.62 bits per heavy atom. The van der Waals surface area contributed by atoms with Gasteiger partial charge in [0, 0.05) is 5.92 Å². The van der Waals surface area contributed by atoms with Gasteiger partial charge in [-0.05, 0) is 49.8 Å². The van der Waals surface area contributed by atoms with Crippen LogP contribution in [0.1, 0.15) is 44.6 Å². The van der Waals surface area contributed by atoms with Crippen molar-refractivity contribution in [3.05, 3.63) is 34.6 Å². The van der Waals surface area contributed by atoms with E-state index < -0.39 is 0 Å². The van der Waals surface area contributed by atoms with Gasteiger partial charge >= 0.3 is 0 Å². The summed E-state index contributed by atoms with van der Waals surface area (Å²) in [5.74, 6) is 0.221. The summed E-state index contributed by atoms with van der Waals surface area (Å²) in [5.41, 5.74) is 0.991. The summed E-state index contributed by atoms with van der Waals surface area (Å²) in [6.45, 7) is 3.83. The fourth-order valence-electron chi connectivity index (χ4n) is 2.66. The molecule has 2 rings (SSSR count). The van der Waals surface area contributed by atoms with Crippen LogP contribution in [0.3, 0.4) is 0 Å². The molecule has 1 fully saturated rings. The summed E-state index contributed by atoms with van der Waals surface area (Å²) in [6.07, 6.45) is 6.10. The molecule has 21 heavy (non-hydrogen) atoms. The Morgan fingerprint density at radius 1 is 1.19 bits per heavy atom. The molecule has 0 aliphatic carbocycles. The summed E-state index contributed by atoms with van der Waals surface area (Å²) in [6, 6.07) is 5.02. The molecule has 0 radical (unpaired) electrons. The Bertz CT molecular complexity index is 431. The number of rotatable bonds is 7. The van der Waals surface area contributed by atoms with Crippen LogP contribution in [0.5, 0.6) is 0 Å². The average Bonchev–Trinajstić information content (AvgIpc) is 2.49. The Balaban J connectivity index is 1.61. The van der Waals surface area contributed by atoms with Gasteiger partial charge in [-0.3, -0.25) is 0 Å². The van der Waals surface area contributed by atoms with Crippen LogP contribution in [0.15, 0.2) is 18.2 Å². The maximum Gasteiger partial charge on any atom is 0.157 e. The number of aryl methyl sites for hydroxylation is 1. The summed E-state index contributed by atoms with van der Waals surface area (Å²) in [4.78, 5) is 0. The predicted octanol–water partition coefficient (Wildman–Crippen LogP) is 4.98. The van der Waals surface area contributed by atoms with E-state index >= 15 is 0 Å². The van der Waals surface area contributed by atoms with Gasteiger partial charge in [-0.25, -0.2) is 4.39 Å². The summed E-state index contributed by atoms with van der Waals surface area (Å²) in [5, 5.41) is 0.185. The molecule has 0 saturated carbocycles. The highest BCUT2D eigenvalue weighted by atomic mass is 35.5. The van der Waals surface area contributed by atoms with Gasteiger partial charge in [0.25, 0.3) is 0 Å². The molecule has 1 saturated heterocycles. The van der Waals surface area contributed by atoms with Crippen LogP contribution in [0, 0.1) is 11.7 Å². The van der Waals surface area contributed by atoms with E-state index in [1.54, 1.807) is 6.07 Å². The van der Waals surface area contributed by atoms with Crippen LogP contribution in [0.2, 0.25) is 5.02 Å². The van der Waals surface area contributed by atoms with Crippen LogP contribution in [0.4, 0.5) is 4.39 Å². The fraction of sp³-hybridized carbons (Fsp3) is 0.647. The lowest BCUT2D eigenvalue weighted by atomic mass is 10.0. The first kappa shape index (κ1) is 16.7. The van der Waals surface area contributed by atoms with Gasteiger partial charge in [0.15, 0.2) is 6.29 Å². The largest absolute Gasteiger partial charge is 0.352 e. The third-order valence-electron chi connectivity index (χ3n) is 3.87. The van der Waals surface area contributed by atoms with Crippen molar-refractivity contribution < 1.29 is 13.9 Å². The van der Waals surface area contributed by atoms with Gasteiger partial charge in [0.2, 0.25) is 0 Å². The Hall–Kier alpha value is -0.640. The van der Waals surface area contributed by atoms with Crippen LogP contribution >= 0.6 is 11.6 Å². The second kappa shape index (κ2) is 8.72. The van der Waals surface area contributed by atoms with E-state index in [0.29, 0.717) is 5.92 Å². The third kappa shape index (κ3) is 5.57. The summed E-state index contributed by atoms with van der Waals surface area (Å²) in [7, 11) is 0. The number of halogens is 2. The van der Waals surface area contributed by atoms with Gasteiger partial charge in [0.1, 0.15) is 5.82 Å². The molecule has 0 aromatic heterocycles. The minimum Gasteiger partial charge on any atom is -0.352 e. The van der Waals surface area contributed by atoms with E-state index in [2.05, 4.69) is 6.92 Å². The zero-order valence-corrected chi connectivity index (χ0v) is 13.4. The molecule has 1 aliphatic rings. The quantitative estimate of drug-likeness (QED) is 0.661. The van der Waals surface area contributed by atoms with Crippen molar-refractivity contribution in [2.45, 2.75) is 51.7 Å². The second-order valence-corrected chi connectivity index (χ2v) is 6.15. The second-order valence-electron chi connectivity index (χ2n) is 5.75. The highest BCUT2D eigenvalue weighted by Crippen LogP contribution is 2.20. The predicted molar refractivity (Wildman–Crippen MR) is 83.1 cm³/mol.